The monoisotopic (exact) mass is 301 g/mol. The molecular formula is C18H11N3O2. The molecule has 0 aliphatic carbocycles. The maximum absolute atomic E-state index is 11.2. The van der Waals surface area contributed by atoms with Crippen molar-refractivity contribution in [3.8, 4) is 11.3 Å². The first kappa shape index (κ1) is 13.3. The second-order valence-electron chi connectivity index (χ2n) is 5.15. The molecule has 0 fully saturated rings. The standard InChI is InChI=1S/C18H11N3O2/c22-18(23)12-1-2-13-15-10-20-8-5-14(15)17(21-16(13)9-12)11-3-6-19-7-4-11/h1-10H,(H,22,23). The lowest BCUT2D eigenvalue weighted by Gasteiger charge is -2.10. The Balaban J connectivity index is 2.13. The summed E-state index contributed by atoms with van der Waals surface area (Å²) in [4.78, 5) is 24.1. The number of aromatic carboxylic acids is 1. The first-order valence-electron chi connectivity index (χ1n) is 7.05. The second kappa shape index (κ2) is 5.14. The van der Waals surface area contributed by atoms with Crippen molar-refractivity contribution >= 4 is 27.6 Å². The average Bonchev–Trinajstić information content (AvgIpc) is 2.61. The van der Waals surface area contributed by atoms with Gasteiger partial charge in [0.1, 0.15) is 0 Å². The first-order chi connectivity index (χ1) is 11.2. The van der Waals surface area contributed by atoms with Gasteiger partial charge in [0.25, 0.3) is 0 Å². The molecule has 0 saturated heterocycles. The number of fused-ring (bicyclic) bond motifs is 3. The molecule has 4 aromatic rings. The fourth-order valence-electron chi connectivity index (χ4n) is 2.71. The summed E-state index contributed by atoms with van der Waals surface area (Å²) in [7, 11) is 0. The molecule has 0 unspecified atom stereocenters. The maximum Gasteiger partial charge on any atom is 0.335 e. The van der Waals surface area contributed by atoms with Crippen LogP contribution in [-0.2, 0) is 0 Å². The van der Waals surface area contributed by atoms with Gasteiger partial charge in [-0.1, -0.05) is 6.07 Å². The Bertz CT molecular complexity index is 1050. The van der Waals surface area contributed by atoms with Crippen LogP contribution in [0.1, 0.15) is 10.4 Å². The Morgan fingerprint density at radius 2 is 1.65 bits per heavy atom. The Morgan fingerprint density at radius 3 is 2.43 bits per heavy atom. The van der Waals surface area contributed by atoms with Crippen LogP contribution in [0.3, 0.4) is 0 Å². The number of carbonyl (C=O) groups is 1. The molecule has 1 N–H and O–H groups in total. The van der Waals surface area contributed by atoms with Crippen molar-refractivity contribution in [3.63, 3.8) is 0 Å². The van der Waals surface area contributed by atoms with E-state index in [1.54, 1.807) is 43.0 Å². The average molecular weight is 301 g/mol. The fourth-order valence-corrected chi connectivity index (χ4v) is 2.71. The summed E-state index contributed by atoms with van der Waals surface area (Å²) in [5.74, 6) is -0.967. The summed E-state index contributed by atoms with van der Waals surface area (Å²) in [6.45, 7) is 0. The molecule has 0 atom stereocenters. The highest BCUT2D eigenvalue weighted by atomic mass is 16.4. The maximum atomic E-state index is 11.2. The van der Waals surface area contributed by atoms with Crippen LogP contribution in [-0.4, -0.2) is 26.0 Å². The molecule has 4 rings (SSSR count). The molecule has 0 bridgehead atoms. The third kappa shape index (κ3) is 2.19. The van der Waals surface area contributed by atoms with Crippen LogP contribution < -0.4 is 0 Å². The summed E-state index contributed by atoms with van der Waals surface area (Å²) < 4.78 is 0. The lowest BCUT2D eigenvalue weighted by molar-refractivity contribution is 0.0697. The summed E-state index contributed by atoms with van der Waals surface area (Å²) in [6.07, 6.45) is 6.93. The minimum absolute atomic E-state index is 0.217. The Morgan fingerprint density at radius 1 is 0.870 bits per heavy atom. The van der Waals surface area contributed by atoms with E-state index in [1.165, 1.54) is 0 Å². The van der Waals surface area contributed by atoms with Gasteiger partial charge in [0.15, 0.2) is 0 Å². The minimum Gasteiger partial charge on any atom is -0.478 e. The predicted octanol–water partition coefficient (Wildman–Crippen LogP) is 3.54. The minimum atomic E-state index is -0.967. The third-order valence-electron chi connectivity index (χ3n) is 3.80. The summed E-state index contributed by atoms with van der Waals surface area (Å²) in [5, 5.41) is 12.0. The van der Waals surface area contributed by atoms with E-state index >= 15 is 0 Å². The van der Waals surface area contributed by atoms with Crippen LogP contribution in [0, 0.1) is 0 Å². The number of carboxylic acid groups (broad SMARTS) is 1. The van der Waals surface area contributed by atoms with E-state index < -0.39 is 5.97 Å². The van der Waals surface area contributed by atoms with Crippen LogP contribution in [0.25, 0.3) is 32.9 Å². The molecule has 3 heterocycles. The molecular weight excluding hydrogens is 290 g/mol. The van der Waals surface area contributed by atoms with Gasteiger partial charge in [0.05, 0.1) is 16.8 Å². The molecule has 3 aromatic heterocycles. The molecule has 0 spiro atoms. The molecule has 1 aromatic carbocycles. The molecule has 0 radical (unpaired) electrons. The molecule has 0 saturated carbocycles. The Kier molecular flexibility index (Phi) is 2.98. The highest BCUT2D eigenvalue weighted by Gasteiger charge is 2.12. The normalized spacial score (nSPS) is 11.0. The quantitative estimate of drug-likeness (QED) is 0.573. The van der Waals surface area contributed by atoms with E-state index in [0.29, 0.717) is 5.52 Å². The topological polar surface area (TPSA) is 76.0 Å². The van der Waals surface area contributed by atoms with Crippen LogP contribution >= 0.6 is 0 Å². The Hall–Kier alpha value is -3.34. The number of benzene rings is 1. The summed E-state index contributed by atoms with van der Waals surface area (Å²) >= 11 is 0. The van der Waals surface area contributed by atoms with Gasteiger partial charge in [-0.05, 0) is 30.3 Å². The van der Waals surface area contributed by atoms with Crippen molar-refractivity contribution in [2.45, 2.75) is 0 Å². The van der Waals surface area contributed by atoms with Crippen molar-refractivity contribution in [2.24, 2.45) is 0 Å². The van der Waals surface area contributed by atoms with Crippen molar-refractivity contribution in [1.29, 1.82) is 0 Å². The second-order valence-corrected chi connectivity index (χ2v) is 5.15. The van der Waals surface area contributed by atoms with E-state index in [2.05, 4.69) is 9.97 Å². The van der Waals surface area contributed by atoms with Gasteiger partial charge in [-0.2, -0.15) is 0 Å². The highest BCUT2D eigenvalue weighted by molar-refractivity contribution is 6.11. The van der Waals surface area contributed by atoms with Gasteiger partial charge in [-0.3, -0.25) is 9.97 Å². The number of carboxylic acids is 1. The van der Waals surface area contributed by atoms with E-state index in [-0.39, 0.29) is 5.56 Å². The molecule has 0 aliphatic rings. The van der Waals surface area contributed by atoms with Gasteiger partial charge in [0, 0.05) is 46.5 Å². The summed E-state index contributed by atoms with van der Waals surface area (Å²) in [6, 6.07) is 10.7. The van der Waals surface area contributed by atoms with E-state index in [1.807, 2.05) is 18.2 Å². The summed E-state index contributed by atoms with van der Waals surface area (Å²) in [5.41, 5.74) is 2.57. The van der Waals surface area contributed by atoms with Crippen LogP contribution in [0.4, 0.5) is 0 Å². The fraction of sp³-hybridized carbons (Fsp3) is 0. The highest BCUT2D eigenvalue weighted by Crippen LogP contribution is 2.31. The van der Waals surface area contributed by atoms with E-state index in [4.69, 9.17) is 4.98 Å². The first-order valence-corrected chi connectivity index (χ1v) is 7.05. The lowest BCUT2D eigenvalue weighted by Crippen LogP contribution is -1.97. The number of nitrogens with zero attached hydrogens (tertiary/aromatic N) is 3. The molecule has 110 valence electrons. The number of hydrogen-bond acceptors (Lipinski definition) is 4. The van der Waals surface area contributed by atoms with Crippen LogP contribution in [0.5, 0.6) is 0 Å². The largest absolute Gasteiger partial charge is 0.478 e. The predicted molar refractivity (Wildman–Crippen MR) is 87.2 cm³/mol. The zero-order valence-corrected chi connectivity index (χ0v) is 12.0. The number of hydrogen-bond donors (Lipinski definition) is 1. The van der Waals surface area contributed by atoms with Crippen molar-refractivity contribution in [2.75, 3.05) is 0 Å². The van der Waals surface area contributed by atoms with Crippen LogP contribution in [0.15, 0.2) is 61.2 Å². The lowest BCUT2D eigenvalue weighted by atomic mass is 10.0. The molecule has 0 amide bonds. The van der Waals surface area contributed by atoms with Gasteiger partial charge in [-0.25, -0.2) is 9.78 Å². The smallest absolute Gasteiger partial charge is 0.335 e. The van der Waals surface area contributed by atoms with Gasteiger partial charge in [0.2, 0.25) is 0 Å². The molecule has 5 nitrogen and oxygen atoms in total. The SMILES string of the molecule is O=C(O)c1ccc2c(c1)nc(-c1ccncc1)c1ccncc12. The molecule has 5 heteroatoms. The van der Waals surface area contributed by atoms with Crippen molar-refractivity contribution < 1.29 is 9.90 Å². The molecule has 0 aliphatic heterocycles. The number of aromatic nitrogens is 3. The van der Waals surface area contributed by atoms with Crippen LogP contribution in [0.2, 0.25) is 0 Å². The zero-order valence-electron chi connectivity index (χ0n) is 12.0. The zero-order chi connectivity index (χ0) is 15.8. The van der Waals surface area contributed by atoms with Gasteiger partial charge < -0.3 is 5.11 Å². The Labute approximate surface area is 131 Å². The third-order valence-corrected chi connectivity index (χ3v) is 3.80. The van der Waals surface area contributed by atoms with Gasteiger partial charge >= 0.3 is 5.97 Å². The van der Waals surface area contributed by atoms with Crippen molar-refractivity contribution in [1.82, 2.24) is 15.0 Å². The van der Waals surface area contributed by atoms with Gasteiger partial charge in [-0.15, -0.1) is 0 Å². The van der Waals surface area contributed by atoms with E-state index in [0.717, 1.165) is 27.4 Å². The number of pyridine rings is 3. The van der Waals surface area contributed by atoms with Crippen molar-refractivity contribution in [3.05, 3.63) is 66.7 Å². The number of rotatable bonds is 2. The molecule has 23 heavy (non-hydrogen) atoms. The van der Waals surface area contributed by atoms with E-state index in [9.17, 15) is 9.90 Å².